The molecule has 0 aliphatic carbocycles. The molecule has 16 heavy (non-hydrogen) atoms. The van der Waals surface area contributed by atoms with E-state index >= 15 is 0 Å². The minimum Gasteiger partial charge on any atom is -0.481 e. The van der Waals surface area contributed by atoms with Crippen LogP contribution >= 0.6 is 23.5 Å². The molecular weight excluding hydrogens is 247 g/mol. The van der Waals surface area contributed by atoms with Crippen LogP contribution in [0.2, 0.25) is 0 Å². The smallest absolute Gasteiger partial charge is 0.304 e. The molecule has 0 amide bonds. The van der Waals surface area contributed by atoms with Crippen LogP contribution in [0.4, 0.5) is 4.39 Å². The van der Waals surface area contributed by atoms with Crippen molar-refractivity contribution < 1.29 is 14.3 Å². The van der Waals surface area contributed by atoms with E-state index in [4.69, 9.17) is 5.11 Å². The predicted molar refractivity (Wildman–Crippen MR) is 66.7 cm³/mol. The Hall–Kier alpha value is -0.680. The van der Waals surface area contributed by atoms with Gasteiger partial charge in [0.25, 0.3) is 0 Å². The molecule has 0 spiro atoms. The Morgan fingerprint density at radius 2 is 1.88 bits per heavy atom. The summed E-state index contributed by atoms with van der Waals surface area (Å²) in [7, 11) is 0. The van der Waals surface area contributed by atoms with Gasteiger partial charge in [-0.2, -0.15) is 11.8 Å². The summed E-state index contributed by atoms with van der Waals surface area (Å²) in [6.45, 7) is 0. The van der Waals surface area contributed by atoms with Crippen LogP contribution in [0.5, 0.6) is 0 Å². The molecule has 2 nitrogen and oxygen atoms in total. The van der Waals surface area contributed by atoms with E-state index in [9.17, 15) is 9.18 Å². The Kier molecular flexibility index (Phi) is 6.33. The molecule has 1 rings (SSSR count). The molecule has 0 saturated heterocycles. The summed E-state index contributed by atoms with van der Waals surface area (Å²) < 4.78 is 12.6. The second-order valence-electron chi connectivity index (χ2n) is 3.06. The summed E-state index contributed by atoms with van der Waals surface area (Å²) in [5.74, 6) is 1.50. The first-order valence-electron chi connectivity index (χ1n) is 4.86. The van der Waals surface area contributed by atoms with Crippen LogP contribution in [0, 0.1) is 5.82 Å². The molecule has 0 heterocycles. The molecule has 1 aromatic rings. The molecule has 0 aromatic heterocycles. The molecule has 1 aromatic carbocycles. The third-order valence-electron chi connectivity index (χ3n) is 1.77. The number of thioether (sulfide) groups is 2. The van der Waals surface area contributed by atoms with Gasteiger partial charge in [0, 0.05) is 22.2 Å². The summed E-state index contributed by atoms with van der Waals surface area (Å²) in [6.07, 6.45) is 0.214. The van der Waals surface area contributed by atoms with Crippen LogP contribution in [0.15, 0.2) is 29.2 Å². The van der Waals surface area contributed by atoms with E-state index in [0.29, 0.717) is 5.75 Å². The second kappa shape index (κ2) is 7.57. The Labute approximate surface area is 103 Å². The summed E-state index contributed by atoms with van der Waals surface area (Å²) in [5.41, 5.74) is 0. The highest BCUT2D eigenvalue weighted by Crippen LogP contribution is 2.19. The van der Waals surface area contributed by atoms with Crippen molar-refractivity contribution in [2.75, 3.05) is 17.3 Å². The van der Waals surface area contributed by atoms with Crippen molar-refractivity contribution >= 4 is 29.5 Å². The molecule has 0 fully saturated rings. The van der Waals surface area contributed by atoms with E-state index in [1.165, 1.54) is 12.1 Å². The Bertz CT molecular complexity index is 327. The van der Waals surface area contributed by atoms with Crippen molar-refractivity contribution in [1.82, 2.24) is 0 Å². The van der Waals surface area contributed by atoms with Crippen molar-refractivity contribution in [3.63, 3.8) is 0 Å². The Morgan fingerprint density at radius 3 is 2.50 bits per heavy atom. The lowest BCUT2D eigenvalue weighted by Gasteiger charge is -2.01. The standard InChI is InChI=1S/C11H13FO2S2/c12-9-1-3-10(4-2-9)16-8-7-15-6-5-11(13)14/h1-4H,5-8H2,(H,13,14). The van der Waals surface area contributed by atoms with Crippen molar-refractivity contribution in [2.45, 2.75) is 11.3 Å². The van der Waals surface area contributed by atoms with Gasteiger partial charge in [-0.25, -0.2) is 4.39 Å². The van der Waals surface area contributed by atoms with Crippen LogP contribution in [0.1, 0.15) is 6.42 Å². The predicted octanol–water partition coefficient (Wildman–Crippen LogP) is 3.13. The first-order valence-corrected chi connectivity index (χ1v) is 7.00. The Morgan fingerprint density at radius 1 is 1.19 bits per heavy atom. The van der Waals surface area contributed by atoms with E-state index in [1.54, 1.807) is 35.7 Å². The largest absolute Gasteiger partial charge is 0.481 e. The van der Waals surface area contributed by atoms with Crippen molar-refractivity contribution in [3.8, 4) is 0 Å². The maximum absolute atomic E-state index is 12.6. The molecule has 1 N–H and O–H groups in total. The maximum atomic E-state index is 12.6. The normalized spacial score (nSPS) is 10.3. The lowest BCUT2D eigenvalue weighted by atomic mass is 10.4. The topological polar surface area (TPSA) is 37.3 Å². The average molecular weight is 260 g/mol. The average Bonchev–Trinajstić information content (AvgIpc) is 2.25. The fourth-order valence-electron chi connectivity index (χ4n) is 1.01. The van der Waals surface area contributed by atoms with Gasteiger partial charge in [-0.1, -0.05) is 0 Å². The summed E-state index contributed by atoms with van der Waals surface area (Å²) in [4.78, 5) is 11.3. The van der Waals surface area contributed by atoms with Crippen LogP contribution in [0.3, 0.4) is 0 Å². The van der Waals surface area contributed by atoms with Gasteiger partial charge in [-0.15, -0.1) is 11.8 Å². The molecule has 0 aliphatic heterocycles. The van der Waals surface area contributed by atoms with Gasteiger partial charge in [0.2, 0.25) is 0 Å². The van der Waals surface area contributed by atoms with Crippen molar-refractivity contribution in [1.29, 1.82) is 0 Å². The minimum atomic E-state index is -0.751. The molecule has 0 aliphatic rings. The number of hydrogen-bond acceptors (Lipinski definition) is 3. The molecule has 5 heteroatoms. The lowest BCUT2D eigenvalue weighted by Crippen LogP contribution is -1.97. The second-order valence-corrected chi connectivity index (χ2v) is 5.45. The third kappa shape index (κ3) is 6.02. The number of rotatable bonds is 7. The summed E-state index contributed by atoms with van der Waals surface area (Å²) in [5, 5.41) is 8.42. The number of aliphatic carboxylic acids is 1. The van der Waals surface area contributed by atoms with E-state index < -0.39 is 5.97 Å². The van der Waals surface area contributed by atoms with E-state index in [1.807, 2.05) is 0 Å². The molecule has 0 atom stereocenters. The first kappa shape index (κ1) is 13.4. The number of carbonyl (C=O) groups is 1. The van der Waals surface area contributed by atoms with Gasteiger partial charge in [-0.3, -0.25) is 4.79 Å². The monoisotopic (exact) mass is 260 g/mol. The highest BCUT2D eigenvalue weighted by atomic mass is 32.2. The lowest BCUT2D eigenvalue weighted by molar-refractivity contribution is -0.136. The van der Waals surface area contributed by atoms with Gasteiger partial charge in [-0.05, 0) is 24.3 Å². The molecule has 0 radical (unpaired) electrons. The molecule has 0 unspecified atom stereocenters. The van der Waals surface area contributed by atoms with Gasteiger partial charge in [0.15, 0.2) is 0 Å². The van der Waals surface area contributed by atoms with Gasteiger partial charge in [0.05, 0.1) is 6.42 Å². The van der Waals surface area contributed by atoms with Gasteiger partial charge < -0.3 is 5.11 Å². The Balaban J connectivity index is 2.07. The van der Waals surface area contributed by atoms with Gasteiger partial charge in [0.1, 0.15) is 5.82 Å². The van der Waals surface area contributed by atoms with Crippen LogP contribution in [-0.4, -0.2) is 28.3 Å². The number of hydrogen-bond donors (Lipinski definition) is 1. The summed E-state index contributed by atoms with van der Waals surface area (Å²) in [6, 6.07) is 6.39. The number of benzene rings is 1. The molecule has 0 saturated carbocycles. The van der Waals surface area contributed by atoms with Gasteiger partial charge >= 0.3 is 5.97 Å². The zero-order valence-electron chi connectivity index (χ0n) is 8.69. The highest BCUT2D eigenvalue weighted by Gasteiger charge is 1.98. The first-order chi connectivity index (χ1) is 7.68. The van der Waals surface area contributed by atoms with Crippen LogP contribution in [-0.2, 0) is 4.79 Å². The number of carboxylic acids is 1. The fraction of sp³-hybridized carbons (Fsp3) is 0.364. The van der Waals surface area contributed by atoms with E-state index in [2.05, 4.69) is 0 Å². The molecule has 88 valence electrons. The zero-order valence-corrected chi connectivity index (χ0v) is 10.3. The highest BCUT2D eigenvalue weighted by molar-refractivity contribution is 8.02. The van der Waals surface area contributed by atoms with Crippen LogP contribution < -0.4 is 0 Å². The summed E-state index contributed by atoms with van der Waals surface area (Å²) >= 11 is 3.28. The SMILES string of the molecule is O=C(O)CCSCCSc1ccc(F)cc1. The quantitative estimate of drug-likeness (QED) is 0.603. The fourth-order valence-corrected chi connectivity index (χ4v) is 2.90. The van der Waals surface area contributed by atoms with Crippen molar-refractivity contribution in [3.05, 3.63) is 30.1 Å². The molecule has 0 bridgehead atoms. The van der Waals surface area contributed by atoms with E-state index in [0.717, 1.165) is 16.4 Å². The number of halogens is 1. The van der Waals surface area contributed by atoms with E-state index in [-0.39, 0.29) is 12.2 Å². The van der Waals surface area contributed by atoms with Crippen molar-refractivity contribution in [2.24, 2.45) is 0 Å². The number of carboxylic acid groups (broad SMARTS) is 1. The maximum Gasteiger partial charge on any atom is 0.304 e. The minimum absolute atomic E-state index is 0.214. The van der Waals surface area contributed by atoms with Crippen LogP contribution in [0.25, 0.3) is 0 Å². The molecular formula is C11H13FO2S2. The third-order valence-corrected chi connectivity index (χ3v) is 4.03. The zero-order chi connectivity index (χ0) is 11.8.